The minimum Gasteiger partial charge on any atom is -0.495 e. The van der Waals surface area contributed by atoms with Crippen molar-refractivity contribution in [2.45, 2.75) is 0 Å². The Morgan fingerprint density at radius 2 is 1.92 bits per heavy atom. The van der Waals surface area contributed by atoms with Crippen LogP contribution in [-0.4, -0.2) is 19.9 Å². The lowest BCUT2D eigenvalue weighted by atomic mass is 10.1. The third-order valence-corrected chi connectivity index (χ3v) is 1.78. The van der Waals surface area contributed by atoms with E-state index in [9.17, 15) is 0 Å². The predicted octanol–water partition coefficient (Wildman–Crippen LogP) is 2.27. The molecule has 0 radical (unpaired) electrons. The van der Waals surface area contributed by atoms with E-state index in [0.29, 0.717) is 5.76 Å². The zero-order valence-electron chi connectivity index (χ0n) is 7.95. The lowest BCUT2D eigenvalue weighted by molar-refractivity contribution is 0.317. The van der Waals surface area contributed by atoms with E-state index in [-0.39, 0.29) is 0 Å². The van der Waals surface area contributed by atoms with Crippen LogP contribution in [0.15, 0.2) is 47.7 Å². The molecule has 1 aromatic carbocycles. The number of benzene rings is 1. The molecule has 1 aromatic rings. The van der Waals surface area contributed by atoms with Gasteiger partial charge in [0.2, 0.25) is 0 Å². The van der Waals surface area contributed by atoms with E-state index in [1.807, 2.05) is 30.3 Å². The Bertz CT molecular complexity index is 314. The Kier molecular flexibility index (Phi) is 3.26. The van der Waals surface area contributed by atoms with Gasteiger partial charge in [0.1, 0.15) is 11.5 Å². The summed E-state index contributed by atoms with van der Waals surface area (Å²) in [6.07, 6.45) is 0. The van der Waals surface area contributed by atoms with Crippen LogP contribution >= 0.6 is 0 Å². The smallest absolute Gasteiger partial charge is 0.137 e. The first-order valence-electron chi connectivity index (χ1n) is 4.05. The highest BCUT2D eigenvalue weighted by Crippen LogP contribution is 2.07. The van der Waals surface area contributed by atoms with Gasteiger partial charge in [-0.25, -0.2) is 0 Å². The Morgan fingerprint density at radius 1 is 1.31 bits per heavy atom. The van der Waals surface area contributed by atoms with Gasteiger partial charge in [-0.15, -0.1) is 0 Å². The van der Waals surface area contributed by atoms with Gasteiger partial charge in [-0.05, 0) is 0 Å². The van der Waals surface area contributed by atoms with Crippen LogP contribution in [0.5, 0.6) is 0 Å². The standard InChI is InChI=1S/C11H13NO/c1-9(13-3)11(12-2)10-7-5-4-6-8-10/h4-8H,1H2,2-3H3. The van der Waals surface area contributed by atoms with Crippen LogP contribution in [-0.2, 0) is 4.74 Å². The van der Waals surface area contributed by atoms with E-state index in [1.54, 1.807) is 14.2 Å². The predicted molar refractivity (Wildman–Crippen MR) is 55.1 cm³/mol. The van der Waals surface area contributed by atoms with Gasteiger partial charge in [0.05, 0.1) is 7.11 Å². The molecule has 0 heterocycles. The van der Waals surface area contributed by atoms with Crippen LogP contribution in [0.2, 0.25) is 0 Å². The molecular weight excluding hydrogens is 162 g/mol. The second-order valence-corrected chi connectivity index (χ2v) is 2.57. The largest absolute Gasteiger partial charge is 0.495 e. The summed E-state index contributed by atoms with van der Waals surface area (Å²) >= 11 is 0. The van der Waals surface area contributed by atoms with Crippen molar-refractivity contribution in [3.8, 4) is 0 Å². The number of rotatable bonds is 3. The van der Waals surface area contributed by atoms with Crippen molar-refractivity contribution in [1.29, 1.82) is 0 Å². The zero-order chi connectivity index (χ0) is 9.68. The van der Waals surface area contributed by atoms with Crippen LogP contribution in [0.1, 0.15) is 5.56 Å². The first-order chi connectivity index (χ1) is 6.29. The van der Waals surface area contributed by atoms with Crippen molar-refractivity contribution < 1.29 is 4.74 Å². The molecular formula is C11H13NO. The molecule has 1 rings (SSSR count). The summed E-state index contributed by atoms with van der Waals surface area (Å²) in [5.74, 6) is 0.591. The lowest BCUT2D eigenvalue weighted by Crippen LogP contribution is -2.05. The fraction of sp³-hybridized carbons (Fsp3) is 0.182. The molecule has 0 unspecified atom stereocenters. The van der Waals surface area contributed by atoms with Crippen molar-refractivity contribution in [2.24, 2.45) is 4.99 Å². The molecule has 0 N–H and O–H groups in total. The second-order valence-electron chi connectivity index (χ2n) is 2.57. The topological polar surface area (TPSA) is 21.6 Å². The van der Waals surface area contributed by atoms with Crippen LogP contribution in [0.25, 0.3) is 0 Å². The zero-order valence-corrected chi connectivity index (χ0v) is 7.95. The Hall–Kier alpha value is -1.57. The molecule has 68 valence electrons. The normalized spacial score (nSPS) is 11.1. The highest BCUT2D eigenvalue weighted by atomic mass is 16.5. The molecule has 0 aromatic heterocycles. The van der Waals surface area contributed by atoms with Gasteiger partial charge in [0, 0.05) is 12.6 Å². The van der Waals surface area contributed by atoms with Gasteiger partial charge in [0.25, 0.3) is 0 Å². The Morgan fingerprint density at radius 3 is 2.38 bits per heavy atom. The molecule has 0 aliphatic rings. The number of ether oxygens (including phenoxy) is 1. The average molecular weight is 175 g/mol. The van der Waals surface area contributed by atoms with Gasteiger partial charge < -0.3 is 4.74 Å². The maximum absolute atomic E-state index is 5.03. The first-order valence-corrected chi connectivity index (χ1v) is 4.05. The van der Waals surface area contributed by atoms with E-state index < -0.39 is 0 Å². The molecule has 0 aliphatic carbocycles. The summed E-state index contributed by atoms with van der Waals surface area (Å²) in [5.41, 5.74) is 1.82. The summed E-state index contributed by atoms with van der Waals surface area (Å²) in [6.45, 7) is 3.77. The molecule has 13 heavy (non-hydrogen) atoms. The third-order valence-electron chi connectivity index (χ3n) is 1.78. The van der Waals surface area contributed by atoms with Crippen molar-refractivity contribution >= 4 is 5.71 Å². The monoisotopic (exact) mass is 175 g/mol. The van der Waals surface area contributed by atoms with Crippen molar-refractivity contribution in [1.82, 2.24) is 0 Å². The molecule has 0 atom stereocenters. The van der Waals surface area contributed by atoms with Crippen LogP contribution in [0.4, 0.5) is 0 Å². The molecule has 0 saturated carbocycles. The maximum atomic E-state index is 5.03. The summed E-state index contributed by atoms with van der Waals surface area (Å²) in [5, 5.41) is 0. The minimum atomic E-state index is 0.591. The van der Waals surface area contributed by atoms with Gasteiger partial charge in [-0.1, -0.05) is 36.9 Å². The number of nitrogens with zero attached hydrogens (tertiary/aromatic N) is 1. The highest BCUT2D eigenvalue weighted by Gasteiger charge is 2.05. The number of aliphatic imine (C=N–C) groups is 1. The van der Waals surface area contributed by atoms with E-state index in [2.05, 4.69) is 11.6 Å². The van der Waals surface area contributed by atoms with Crippen LogP contribution in [0.3, 0.4) is 0 Å². The summed E-state index contributed by atoms with van der Waals surface area (Å²) in [4.78, 5) is 4.12. The molecule has 0 bridgehead atoms. The molecule has 0 aliphatic heterocycles. The molecule has 0 fully saturated rings. The maximum Gasteiger partial charge on any atom is 0.137 e. The highest BCUT2D eigenvalue weighted by molar-refractivity contribution is 6.10. The molecule has 2 heteroatoms. The van der Waals surface area contributed by atoms with Crippen LogP contribution < -0.4 is 0 Å². The summed E-state index contributed by atoms with van der Waals surface area (Å²) < 4.78 is 5.03. The summed E-state index contributed by atoms with van der Waals surface area (Å²) in [6, 6.07) is 9.85. The minimum absolute atomic E-state index is 0.591. The molecule has 0 spiro atoms. The average Bonchev–Trinajstić information content (AvgIpc) is 2.20. The molecule has 0 saturated heterocycles. The Balaban J connectivity index is 3.00. The molecule has 2 nitrogen and oxygen atoms in total. The first kappa shape index (κ1) is 9.52. The van der Waals surface area contributed by atoms with E-state index in [4.69, 9.17) is 4.74 Å². The van der Waals surface area contributed by atoms with Gasteiger partial charge in [0.15, 0.2) is 0 Å². The van der Waals surface area contributed by atoms with Gasteiger partial charge >= 0.3 is 0 Å². The van der Waals surface area contributed by atoms with E-state index in [0.717, 1.165) is 11.3 Å². The lowest BCUT2D eigenvalue weighted by Gasteiger charge is -2.07. The quantitative estimate of drug-likeness (QED) is 0.510. The fourth-order valence-corrected chi connectivity index (χ4v) is 1.11. The fourth-order valence-electron chi connectivity index (χ4n) is 1.11. The van der Waals surface area contributed by atoms with Gasteiger partial charge in [-0.3, -0.25) is 4.99 Å². The number of hydrogen-bond donors (Lipinski definition) is 0. The van der Waals surface area contributed by atoms with Gasteiger partial charge in [-0.2, -0.15) is 0 Å². The Labute approximate surface area is 78.6 Å². The van der Waals surface area contributed by atoms with Crippen molar-refractivity contribution in [3.05, 3.63) is 48.2 Å². The van der Waals surface area contributed by atoms with E-state index in [1.165, 1.54) is 0 Å². The third kappa shape index (κ3) is 2.18. The SMILES string of the molecule is C=C(OC)C(=NC)c1ccccc1. The number of allylic oxidation sites excluding steroid dienone is 1. The van der Waals surface area contributed by atoms with Crippen molar-refractivity contribution in [2.75, 3.05) is 14.2 Å². The van der Waals surface area contributed by atoms with E-state index >= 15 is 0 Å². The number of methoxy groups -OCH3 is 1. The number of hydrogen-bond acceptors (Lipinski definition) is 2. The molecule has 0 amide bonds. The summed E-state index contributed by atoms with van der Waals surface area (Å²) in [7, 11) is 3.32. The second kappa shape index (κ2) is 4.45. The van der Waals surface area contributed by atoms with Crippen LogP contribution in [0, 0.1) is 0 Å². The van der Waals surface area contributed by atoms with Crippen molar-refractivity contribution in [3.63, 3.8) is 0 Å².